The van der Waals surface area contributed by atoms with Crippen molar-refractivity contribution in [3.8, 4) is 5.69 Å². The van der Waals surface area contributed by atoms with Crippen molar-refractivity contribution in [1.82, 2.24) is 9.78 Å². The predicted octanol–water partition coefficient (Wildman–Crippen LogP) is 4.03. The molecule has 1 aliphatic carbocycles. The van der Waals surface area contributed by atoms with Gasteiger partial charge in [0.25, 0.3) is 5.91 Å². The number of nitrogens with zero attached hydrogens (tertiary/aromatic N) is 3. The molecule has 0 spiro atoms. The van der Waals surface area contributed by atoms with Crippen LogP contribution in [-0.2, 0) is 0 Å². The van der Waals surface area contributed by atoms with Gasteiger partial charge >= 0.3 is 0 Å². The molecule has 3 aromatic rings. The van der Waals surface area contributed by atoms with Crippen LogP contribution in [0.1, 0.15) is 34.8 Å². The molecule has 24 heavy (non-hydrogen) atoms. The quantitative estimate of drug-likeness (QED) is 0.729. The Kier molecular flexibility index (Phi) is 3.65. The van der Waals surface area contributed by atoms with Crippen LogP contribution in [-0.4, -0.2) is 22.7 Å². The topological polar surface area (TPSA) is 38.1 Å². The Morgan fingerprint density at radius 1 is 1.04 bits per heavy atom. The van der Waals surface area contributed by atoms with E-state index in [1.54, 1.807) is 11.1 Å². The van der Waals surface area contributed by atoms with E-state index in [2.05, 4.69) is 5.10 Å². The van der Waals surface area contributed by atoms with Crippen molar-refractivity contribution >= 4 is 11.6 Å². The highest BCUT2D eigenvalue weighted by Crippen LogP contribution is 2.42. The molecule has 2 aromatic carbocycles. The van der Waals surface area contributed by atoms with Crippen LogP contribution in [0.25, 0.3) is 5.69 Å². The number of anilines is 1. The van der Waals surface area contributed by atoms with Crippen LogP contribution in [0, 0.1) is 0 Å². The molecule has 1 aromatic heterocycles. The summed E-state index contributed by atoms with van der Waals surface area (Å²) >= 11 is 0. The number of para-hydroxylation sites is 2. The highest BCUT2D eigenvalue weighted by molar-refractivity contribution is 6.06. The first-order chi connectivity index (χ1) is 11.8. The molecule has 1 fully saturated rings. The average molecular weight is 317 g/mol. The maximum atomic E-state index is 13.0. The second-order valence-corrected chi connectivity index (χ2v) is 6.16. The summed E-state index contributed by atoms with van der Waals surface area (Å²) in [5.41, 5.74) is 3.62. The molecule has 4 heteroatoms. The standard InChI is InChI=1S/C20H19N3O/c1-22(16-8-4-2-5-9-16)20(24)18-14-21-23(19(18)15-12-13-15)17-10-6-3-7-11-17/h2-11,14-15H,12-13H2,1H3. The third kappa shape index (κ3) is 2.60. The van der Waals surface area contributed by atoms with Crippen LogP contribution < -0.4 is 4.90 Å². The van der Waals surface area contributed by atoms with E-state index in [1.807, 2.05) is 72.4 Å². The fourth-order valence-corrected chi connectivity index (χ4v) is 3.00. The summed E-state index contributed by atoms with van der Waals surface area (Å²) in [5.74, 6) is 0.418. The first kappa shape index (κ1) is 14.7. The van der Waals surface area contributed by atoms with Crippen molar-refractivity contribution in [1.29, 1.82) is 0 Å². The molecule has 0 aliphatic heterocycles. The fourth-order valence-electron chi connectivity index (χ4n) is 3.00. The molecule has 1 heterocycles. The number of rotatable bonds is 4. The lowest BCUT2D eigenvalue weighted by Gasteiger charge is -2.17. The van der Waals surface area contributed by atoms with Crippen molar-refractivity contribution in [3.63, 3.8) is 0 Å². The predicted molar refractivity (Wildman–Crippen MR) is 94.7 cm³/mol. The van der Waals surface area contributed by atoms with Crippen LogP contribution in [0.5, 0.6) is 0 Å². The van der Waals surface area contributed by atoms with Crippen molar-refractivity contribution < 1.29 is 4.79 Å². The van der Waals surface area contributed by atoms with Gasteiger partial charge in [-0.1, -0.05) is 36.4 Å². The third-order valence-electron chi connectivity index (χ3n) is 4.45. The molecule has 4 nitrogen and oxygen atoms in total. The maximum absolute atomic E-state index is 13.0. The van der Waals surface area contributed by atoms with Crippen molar-refractivity contribution in [2.45, 2.75) is 18.8 Å². The number of aromatic nitrogens is 2. The Morgan fingerprint density at radius 3 is 2.29 bits per heavy atom. The van der Waals surface area contributed by atoms with Gasteiger partial charge < -0.3 is 4.90 Å². The number of hydrogen-bond donors (Lipinski definition) is 0. The molecule has 1 saturated carbocycles. The zero-order chi connectivity index (χ0) is 16.5. The van der Waals surface area contributed by atoms with Crippen molar-refractivity contribution in [3.05, 3.63) is 78.1 Å². The monoisotopic (exact) mass is 317 g/mol. The van der Waals surface area contributed by atoms with Gasteiger partial charge in [0.2, 0.25) is 0 Å². The van der Waals surface area contributed by atoms with Crippen molar-refractivity contribution in [2.75, 3.05) is 11.9 Å². The Bertz CT molecular complexity index is 851. The van der Waals surface area contributed by atoms with Gasteiger partial charge in [0.05, 0.1) is 23.1 Å². The van der Waals surface area contributed by atoms with Crippen molar-refractivity contribution in [2.24, 2.45) is 0 Å². The summed E-state index contributed by atoms with van der Waals surface area (Å²) in [5, 5.41) is 4.51. The van der Waals surface area contributed by atoms with E-state index in [0.29, 0.717) is 11.5 Å². The van der Waals surface area contributed by atoms with Gasteiger partial charge in [0, 0.05) is 18.7 Å². The summed E-state index contributed by atoms with van der Waals surface area (Å²) in [4.78, 5) is 14.7. The minimum absolute atomic E-state index is 0.00900. The minimum Gasteiger partial charge on any atom is -0.311 e. The first-order valence-electron chi connectivity index (χ1n) is 8.22. The lowest BCUT2D eigenvalue weighted by atomic mass is 10.1. The molecular weight excluding hydrogens is 298 g/mol. The van der Waals surface area contributed by atoms with E-state index in [0.717, 1.165) is 29.9 Å². The zero-order valence-corrected chi connectivity index (χ0v) is 13.6. The van der Waals surface area contributed by atoms with Crippen LogP contribution >= 0.6 is 0 Å². The largest absolute Gasteiger partial charge is 0.311 e. The van der Waals surface area contributed by atoms with E-state index < -0.39 is 0 Å². The van der Waals surface area contributed by atoms with E-state index >= 15 is 0 Å². The van der Waals surface area contributed by atoms with E-state index in [1.165, 1.54) is 0 Å². The van der Waals surface area contributed by atoms with Gasteiger partial charge in [-0.05, 0) is 37.1 Å². The van der Waals surface area contributed by atoms with Gasteiger partial charge in [-0.2, -0.15) is 5.10 Å². The SMILES string of the molecule is CN(C(=O)c1cnn(-c2ccccc2)c1C1CC1)c1ccccc1. The highest BCUT2D eigenvalue weighted by atomic mass is 16.2. The smallest absolute Gasteiger partial charge is 0.261 e. The Hall–Kier alpha value is -2.88. The molecule has 0 bridgehead atoms. The number of carbonyl (C=O) groups excluding carboxylic acids is 1. The van der Waals surface area contributed by atoms with Crippen LogP contribution in [0.2, 0.25) is 0 Å². The Labute approximate surface area is 141 Å². The number of carbonyl (C=O) groups is 1. The molecule has 0 saturated heterocycles. The summed E-state index contributed by atoms with van der Waals surface area (Å²) < 4.78 is 1.92. The van der Waals surface area contributed by atoms with Crippen LogP contribution in [0.4, 0.5) is 5.69 Å². The molecule has 1 amide bonds. The number of hydrogen-bond acceptors (Lipinski definition) is 2. The third-order valence-corrected chi connectivity index (χ3v) is 4.45. The minimum atomic E-state index is -0.00900. The fraction of sp³-hybridized carbons (Fsp3) is 0.200. The van der Waals surface area contributed by atoms with E-state index in [9.17, 15) is 4.79 Å². The molecule has 0 unspecified atom stereocenters. The lowest BCUT2D eigenvalue weighted by molar-refractivity contribution is 0.0992. The summed E-state index contributed by atoms with van der Waals surface area (Å²) in [6, 6.07) is 19.7. The van der Waals surface area contributed by atoms with E-state index in [-0.39, 0.29) is 5.91 Å². The first-order valence-corrected chi connectivity index (χ1v) is 8.22. The normalized spacial score (nSPS) is 13.7. The molecule has 120 valence electrons. The number of benzene rings is 2. The van der Waals surface area contributed by atoms with Crippen LogP contribution in [0.3, 0.4) is 0 Å². The van der Waals surface area contributed by atoms with Gasteiger partial charge in [-0.3, -0.25) is 4.79 Å². The average Bonchev–Trinajstić information content (AvgIpc) is 3.40. The zero-order valence-electron chi connectivity index (χ0n) is 13.6. The Balaban J connectivity index is 1.74. The molecular formula is C20H19N3O. The highest BCUT2D eigenvalue weighted by Gasteiger charge is 2.33. The molecule has 0 radical (unpaired) electrons. The summed E-state index contributed by atoms with van der Waals surface area (Å²) in [7, 11) is 1.81. The van der Waals surface area contributed by atoms with Crippen LogP contribution in [0.15, 0.2) is 66.9 Å². The lowest BCUT2D eigenvalue weighted by Crippen LogP contribution is -2.26. The molecule has 0 N–H and O–H groups in total. The molecule has 4 rings (SSSR count). The summed E-state index contributed by atoms with van der Waals surface area (Å²) in [6.45, 7) is 0. The van der Waals surface area contributed by atoms with Gasteiger partial charge in [0.1, 0.15) is 0 Å². The molecule has 1 aliphatic rings. The molecule has 0 atom stereocenters. The Morgan fingerprint density at radius 2 is 1.67 bits per heavy atom. The second-order valence-electron chi connectivity index (χ2n) is 6.16. The van der Waals surface area contributed by atoms with E-state index in [4.69, 9.17) is 0 Å². The maximum Gasteiger partial charge on any atom is 0.261 e. The number of amides is 1. The van der Waals surface area contributed by atoms with Gasteiger partial charge in [-0.25, -0.2) is 4.68 Å². The van der Waals surface area contributed by atoms with Gasteiger partial charge in [0.15, 0.2) is 0 Å². The second kappa shape index (κ2) is 5.96. The van der Waals surface area contributed by atoms with Gasteiger partial charge in [-0.15, -0.1) is 0 Å². The summed E-state index contributed by atoms with van der Waals surface area (Å²) in [6.07, 6.45) is 3.95.